The van der Waals surface area contributed by atoms with Crippen molar-refractivity contribution in [1.29, 1.82) is 5.26 Å². The van der Waals surface area contributed by atoms with E-state index in [4.69, 9.17) is 41.8 Å². The average molecular weight is 699 g/mol. The molecule has 5 heterocycles. The van der Waals surface area contributed by atoms with Crippen LogP contribution in [-0.4, -0.2) is 88.0 Å². The Hall–Kier alpha value is -5.15. The number of halogens is 7. The molecule has 5 aromatic rings. The van der Waals surface area contributed by atoms with E-state index in [9.17, 15) is 26.3 Å². The van der Waals surface area contributed by atoms with E-state index in [1.165, 1.54) is 0 Å². The standard InChI is InChI=1S/C25H23ClN8.2C2HF3O2/c1-17-28-29-25-7-6-22-24(34(17)25)13-23(32(22)14-18-4-2-5-19(26)12-18)21-8-11-33(30-21)20-15-31(16-20)10-3-9-27;2*3-2(4,5)1(6)7/h2,4-8,11-13,20H,3,10,14-16H2,1H3;2*(H,6,7). The van der Waals surface area contributed by atoms with Gasteiger partial charge in [0.25, 0.3) is 0 Å². The van der Waals surface area contributed by atoms with Gasteiger partial charge in [0.2, 0.25) is 0 Å². The van der Waals surface area contributed by atoms with E-state index in [2.05, 4.69) is 65.3 Å². The molecule has 0 atom stereocenters. The topological polar surface area (TPSA) is 155 Å². The molecule has 0 bridgehead atoms. The normalized spacial score (nSPS) is 13.6. The van der Waals surface area contributed by atoms with Crippen LogP contribution in [0.5, 0.6) is 0 Å². The summed E-state index contributed by atoms with van der Waals surface area (Å²) >= 11 is 6.28. The summed E-state index contributed by atoms with van der Waals surface area (Å²) in [4.78, 5) is 20.1. The minimum Gasteiger partial charge on any atom is -0.475 e. The third-order valence-electron chi connectivity index (χ3n) is 7.04. The van der Waals surface area contributed by atoms with E-state index in [1.807, 2.05) is 31.2 Å². The monoisotopic (exact) mass is 698 g/mol. The number of hydrogen-bond donors (Lipinski definition) is 2. The van der Waals surface area contributed by atoms with E-state index in [-0.39, 0.29) is 0 Å². The largest absolute Gasteiger partial charge is 0.490 e. The van der Waals surface area contributed by atoms with Gasteiger partial charge in [0, 0.05) is 43.8 Å². The fraction of sp³-hybridized carbons (Fsp3) is 0.310. The maximum absolute atomic E-state index is 10.6. The highest BCUT2D eigenvalue weighted by Crippen LogP contribution is 2.31. The molecule has 0 saturated carbocycles. The molecule has 12 nitrogen and oxygen atoms in total. The summed E-state index contributed by atoms with van der Waals surface area (Å²) in [7, 11) is 0. The number of rotatable bonds is 6. The molecular weight excluding hydrogens is 674 g/mol. The summed E-state index contributed by atoms with van der Waals surface area (Å²) in [6.07, 6.45) is -7.54. The number of carboxylic acid groups (broad SMARTS) is 2. The smallest absolute Gasteiger partial charge is 0.475 e. The zero-order valence-electron chi connectivity index (χ0n) is 24.7. The van der Waals surface area contributed by atoms with Crippen molar-refractivity contribution in [3.63, 3.8) is 0 Å². The molecule has 1 saturated heterocycles. The number of benzene rings is 1. The lowest BCUT2D eigenvalue weighted by molar-refractivity contribution is -0.193. The van der Waals surface area contributed by atoms with Gasteiger partial charge in [-0.15, -0.1) is 10.2 Å². The van der Waals surface area contributed by atoms with Crippen LogP contribution in [0, 0.1) is 18.3 Å². The van der Waals surface area contributed by atoms with Gasteiger partial charge in [0.1, 0.15) is 11.5 Å². The molecule has 0 unspecified atom stereocenters. The number of likely N-dealkylation sites (tertiary alicyclic amines) is 1. The van der Waals surface area contributed by atoms with Gasteiger partial charge in [-0.1, -0.05) is 23.7 Å². The average Bonchev–Trinajstić information content (AvgIpc) is 3.69. The molecular formula is C29H25ClF6N8O4. The number of fused-ring (bicyclic) bond motifs is 3. The Balaban J connectivity index is 0.000000314. The van der Waals surface area contributed by atoms with Gasteiger partial charge in [0.15, 0.2) is 5.65 Å². The van der Waals surface area contributed by atoms with Crippen molar-refractivity contribution in [2.24, 2.45) is 0 Å². The number of nitrogens with zero attached hydrogens (tertiary/aromatic N) is 8. The third-order valence-corrected chi connectivity index (χ3v) is 7.27. The van der Waals surface area contributed by atoms with E-state index in [1.54, 1.807) is 0 Å². The lowest BCUT2D eigenvalue weighted by Crippen LogP contribution is -2.48. The molecule has 254 valence electrons. The first kappa shape index (κ1) is 35.7. The number of pyridine rings is 1. The van der Waals surface area contributed by atoms with Crippen molar-refractivity contribution in [3.8, 4) is 17.5 Å². The van der Waals surface area contributed by atoms with Crippen molar-refractivity contribution >= 4 is 40.2 Å². The molecule has 0 amide bonds. The lowest BCUT2D eigenvalue weighted by atomic mass is 10.1. The Morgan fingerprint density at radius 3 is 2.21 bits per heavy atom. The minimum atomic E-state index is -5.08. The predicted molar refractivity (Wildman–Crippen MR) is 158 cm³/mol. The highest BCUT2D eigenvalue weighted by molar-refractivity contribution is 6.30. The number of carboxylic acids is 2. The summed E-state index contributed by atoms with van der Waals surface area (Å²) in [6.45, 7) is 5.31. The van der Waals surface area contributed by atoms with Crippen LogP contribution in [0.4, 0.5) is 26.3 Å². The quantitative estimate of drug-likeness (QED) is 0.216. The number of alkyl halides is 6. The maximum Gasteiger partial charge on any atom is 0.490 e. The van der Waals surface area contributed by atoms with Gasteiger partial charge < -0.3 is 14.8 Å². The van der Waals surface area contributed by atoms with Crippen molar-refractivity contribution in [2.45, 2.75) is 38.3 Å². The molecule has 1 aliphatic rings. The fourth-order valence-corrected chi connectivity index (χ4v) is 5.03. The van der Waals surface area contributed by atoms with Gasteiger partial charge in [-0.2, -0.15) is 36.7 Å². The zero-order chi connectivity index (χ0) is 35.4. The lowest BCUT2D eigenvalue weighted by Gasteiger charge is -2.38. The van der Waals surface area contributed by atoms with Crippen LogP contribution in [0.3, 0.4) is 0 Å². The molecule has 1 aromatic carbocycles. The van der Waals surface area contributed by atoms with Crippen molar-refractivity contribution in [1.82, 2.24) is 33.8 Å². The van der Waals surface area contributed by atoms with Gasteiger partial charge >= 0.3 is 24.3 Å². The Bertz CT molecular complexity index is 1950. The Morgan fingerprint density at radius 2 is 1.62 bits per heavy atom. The molecule has 19 heteroatoms. The first-order valence-corrected chi connectivity index (χ1v) is 14.2. The molecule has 6 rings (SSSR count). The van der Waals surface area contributed by atoms with Crippen LogP contribution >= 0.6 is 11.6 Å². The van der Waals surface area contributed by atoms with E-state index < -0.39 is 24.3 Å². The number of aliphatic carboxylic acids is 2. The van der Waals surface area contributed by atoms with Crippen LogP contribution in [0.25, 0.3) is 28.1 Å². The molecule has 0 spiro atoms. The van der Waals surface area contributed by atoms with Crippen LogP contribution in [0.15, 0.2) is 54.7 Å². The molecule has 1 aliphatic heterocycles. The summed E-state index contributed by atoms with van der Waals surface area (Å²) in [5, 5.41) is 37.3. The molecule has 2 N–H and O–H groups in total. The van der Waals surface area contributed by atoms with Gasteiger partial charge in [-0.25, -0.2) is 9.59 Å². The van der Waals surface area contributed by atoms with E-state index in [0.29, 0.717) is 19.0 Å². The Labute approximate surface area is 272 Å². The minimum absolute atomic E-state index is 0.338. The highest BCUT2D eigenvalue weighted by atomic mass is 35.5. The molecule has 0 aliphatic carbocycles. The van der Waals surface area contributed by atoms with E-state index >= 15 is 0 Å². The highest BCUT2D eigenvalue weighted by Gasteiger charge is 2.39. The number of carbonyl (C=O) groups is 2. The second-order valence-electron chi connectivity index (χ2n) is 10.4. The molecule has 4 aromatic heterocycles. The second kappa shape index (κ2) is 14.3. The zero-order valence-corrected chi connectivity index (χ0v) is 25.5. The Morgan fingerprint density at radius 1 is 0.979 bits per heavy atom. The van der Waals surface area contributed by atoms with Crippen LogP contribution in [-0.2, 0) is 16.1 Å². The first-order chi connectivity index (χ1) is 22.5. The third kappa shape index (κ3) is 8.41. The number of nitriles is 1. The second-order valence-corrected chi connectivity index (χ2v) is 10.8. The summed E-state index contributed by atoms with van der Waals surface area (Å²) in [5.41, 5.74) is 6.05. The van der Waals surface area contributed by atoms with E-state index in [0.717, 1.165) is 64.1 Å². The van der Waals surface area contributed by atoms with Crippen LogP contribution < -0.4 is 0 Å². The van der Waals surface area contributed by atoms with Crippen molar-refractivity contribution in [3.05, 3.63) is 71.1 Å². The Kier molecular flexibility index (Phi) is 10.6. The number of aromatic nitrogens is 6. The van der Waals surface area contributed by atoms with Crippen molar-refractivity contribution < 1.29 is 46.1 Å². The van der Waals surface area contributed by atoms with Crippen LogP contribution in [0.2, 0.25) is 5.02 Å². The first-order valence-electron chi connectivity index (χ1n) is 13.8. The van der Waals surface area contributed by atoms with Crippen molar-refractivity contribution in [2.75, 3.05) is 19.6 Å². The fourth-order valence-electron chi connectivity index (χ4n) is 4.82. The molecule has 0 radical (unpaired) electrons. The van der Waals surface area contributed by atoms with Gasteiger partial charge in [-0.05, 0) is 48.9 Å². The SMILES string of the molecule is Cc1nnc2ccc3c(cc(-c4ccn(C5CN(CCC#N)C5)n4)n3Cc3cccc(Cl)c3)n12.O=C(O)C(F)(F)F.O=C(O)C(F)(F)F. The van der Waals surface area contributed by atoms with Gasteiger partial charge in [-0.3, -0.25) is 14.0 Å². The number of hydrogen-bond acceptors (Lipinski definition) is 7. The molecule has 1 fully saturated rings. The maximum atomic E-state index is 10.6. The van der Waals surface area contributed by atoms with Gasteiger partial charge in [0.05, 0.1) is 28.8 Å². The summed E-state index contributed by atoms with van der Waals surface area (Å²) in [5.74, 6) is -4.66. The predicted octanol–water partition coefficient (Wildman–Crippen LogP) is 5.59. The number of aryl methyl sites for hydroxylation is 1. The summed E-state index contributed by atoms with van der Waals surface area (Å²) in [6, 6.07) is 18.9. The summed E-state index contributed by atoms with van der Waals surface area (Å²) < 4.78 is 69.9. The molecule has 48 heavy (non-hydrogen) atoms. The van der Waals surface area contributed by atoms with Crippen LogP contribution in [0.1, 0.15) is 23.9 Å².